The number of hydrogen-bond acceptors (Lipinski definition) is 6. The van der Waals surface area contributed by atoms with E-state index in [0.29, 0.717) is 42.5 Å². The van der Waals surface area contributed by atoms with Gasteiger partial charge in [-0.05, 0) is 48.9 Å². The first-order chi connectivity index (χ1) is 16.0. The van der Waals surface area contributed by atoms with Gasteiger partial charge in [0.1, 0.15) is 11.6 Å². The molecule has 0 saturated carbocycles. The Labute approximate surface area is 195 Å². The number of aromatic nitrogens is 2. The monoisotopic (exact) mass is 468 g/mol. The van der Waals surface area contributed by atoms with E-state index in [9.17, 15) is 14.0 Å². The molecule has 9 heteroatoms. The molecule has 3 aromatic rings. The molecular formula is C24H25FN4O3S. The molecule has 33 heavy (non-hydrogen) atoms. The number of hydrogen-bond donors (Lipinski definition) is 2. The third-order valence-corrected chi connectivity index (χ3v) is 6.11. The van der Waals surface area contributed by atoms with Crippen molar-refractivity contribution >= 4 is 23.4 Å². The zero-order chi connectivity index (χ0) is 23.2. The van der Waals surface area contributed by atoms with E-state index in [2.05, 4.69) is 20.2 Å². The first-order valence-corrected chi connectivity index (χ1v) is 11.7. The lowest BCUT2D eigenvalue weighted by Gasteiger charge is -2.27. The number of anilines is 1. The Morgan fingerprint density at radius 2 is 1.97 bits per heavy atom. The van der Waals surface area contributed by atoms with Gasteiger partial charge in [-0.15, -0.1) is 0 Å². The summed E-state index contributed by atoms with van der Waals surface area (Å²) < 4.78 is 18.5. The van der Waals surface area contributed by atoms with Crippen LogP contribution in [0.1, 0.15) is 23.7 Å². The molecule has 1 aliphatic rings. The highest BCUT2D eigenvalue weighted by Crippen LogP contribution is 2.20. The van der Waals surface area contributed by atoms with Gasteiger partial charge in [0, 0.05) is 31.7 Å². The number of nitrogens with one attached hydrogen (secondary N) is 2. The standard InChI is InChI=1S/C24H25FN4O3S/c1-2-32-19-9-7-18(8-10-19)26-22(30)15-33-24-27-21-11-12-29(14-20(21)23(31)28-24)13-16-3-5-17(25)6-4-16/h3-10H,2,11-15H2,1H3,(H,26,30)(H,27,28,31). The van der Waals surface area contributed by atoms with Crippen LogP contribution in [-0.2, 0) is 24.3 Å². The summed E-state index contributed by atoms with van der Waals surface area (Å²) >= 11 is 1.20. The highest BCUT2D eigenvalue weighted by Gasteiger charge is 2.21. The number of ether oxygens (including phenoxy) is 1. The Balaban J connectivity index is 1.33. The van der Waals surface area contributed by atoms with Crippen LogP contribution in [0.4, 0.5) is 10.1 Å². The number of rotatable bonds is 8. The first kappa shape index (κ1) is 23.0. The lowest BCUT2D eigenvalue weighted by Crippen LogP contribution is -2.35. The number of amides is 1. The van der Waals surface area contributed by atoms with Crippen LogP contribution < -0.4 is 15.6 Å². The molecule has 2 N–H and O–H groups in total. The fourth-order valence-electron chi connectivity index (χ4n) is 3.64. The third kappa shape index (κ3) is 6.21. The summed E-state index contributed by atoms with van der Waals surface area (Å²) in [7, 11) is 0. The second kappa shape index (κ2) is 10.6. The van der Waals surface area contributed by atoms with Crippen LogP contribution in [0, 0.1) is 5.82 Å². The molecule has 7 nitrogen and oxygen atoms in total. The zero-order valence-corrected chi connectivity index (χ0v) is 19.1. The zero-order valence-electron chi connectivity index (χ0n) is 18.3. The van der Waals surface area contributed by atoms with Crippen molar-refractivity contribution in [2.45, 2.75) is 31.6 Å². The van der Waals surface area contributed by atoms with Gasteiger partial charge in [-0.3, -0.25) is 14.5 Å². The Kier molecular flexibility index (Phi) is 7.41. The van der Waals surface area contributed by atoms with Crippen LogP contribution in [0.5, 0.6) is 5.75 Å². The lowest BCUT2D eigenvalue weighted by molar-refractivity contribution is -0.113. The maximum absolute atomic E-state index is 13.1. The molecule has 0 fully saturated rings. The van der Waals surface area contributed by atoms with E-state index >= 15 is 0 Å². The lowest BCUT2D eigenvalue weighted by atomic mass is 10.1. The van der Waals surface area contributed by atoms with Crippen molar-refractivity contribution in [1.29, 1.82) is 0 Å². The predicted molar refractivity (Wildman–Crippen MR) is 126 cm³/mol. The van der Waals surface area contributed by atoms with Crippen molar-refractivity contribution in [1.82, 2.24) is 14.9 Å². The Morgan fingerprint density at radius 1 is 1.21 bits per heavy atom. The van der Waals surface area contributed by atoms with Crippen molar-refractivity contribution in [3.8, 4) is 5.75 Å². The molecule has 0 radical (unpaired) electrons. The molecule has 0 bridgehead atoms. The van der Waals surface area contributed by atoms with Crippen molar-refractivity contribution in [2.24, 2.45) is 0 Å². The van der Waals surface area contributed by atoms with Gasteiger partial charge < -0.3 is 15.0 Å². The number of carbonyl (C=O) groups is 1. The highest BCUT2D eigenvalue weighted by molar-refractivity contribution is 7.99. The summed E-state index contributed by atoms with van der Waals surface area (Å²) in [6.07, 6.45) is 0.645. The normalized spacial score (nSPS) is 13.4. The second-order valence-corrected chi connectivity index (χ2v) is 8.64. The van der Waals surface area contributed by atoms with E-state index in [0.717, 1.165) is 23.6 Å². The molecule has 1 aromatic heterocycles. The van der Waals surface area contributed by atoms with Gasteiger partial charge in [0.05, 0.1) is 23.6 Å². The van der Waals surface area contributed by atoms with Crippen LogP contribution in [0.2, 0.25) is 0 Å². The van der Waals surface area contributed by atoms with Crippen LogP contribution in [-0.4, -0.2) is 39.7 Å². The molecule has 4 rings (SSSR count). The summed E-state index contributed by atoms with van der Waals surface area (Å²) in [5, 5.41) is 3.26. The molecular weight excluding hydrogens is 443 g/mol. The molecule has 2 aromatic carbocycles. The second-order valence-electron chi connectivity index (χ2n) is 7.68. The smallest absolute Gasteiger partial charge is 0.256 e. The van der Waals surface area contributed by atoms with Gasteiger partial charge >= 0.3 is 0 Å². The van der Waals surface area contributed by atoms with Crippen molar-refractivity contribution in [3.05, 3.63) is 81.5 Å². The van der Waals surface area contributed by atoms with Crippen LogP contribution in [0.25, 0.3) is 0 Å². The van der Waals surface area contributed by atoms with Gasteiger partial charge in [-0.1, -0.05) is 23.9 Å². The van der Waals surface area contributed by atoms with E-state index in [4.69, 9.17) is 4.74 Å². The minimum absolute atomic E-state index is 0.131. The molecule has 2 heterocycles. The van der Waals surface area contributed by atoms with Gasteiger partial charge in [-0.2, -0.15) is 0 Å². The van der Waals surface area contributed by atoms with Crippen LogP contribution in [0.3, 0.4) is 0 Å². The molecule has 0 saturated heterocycles. The fraction of sp³-hybridized carbons (Fsp3) is 0.292. The van der Waals surface area contributed by atoms with Crippen molar-refractivity contribution < 1.29 is 13.9 Å². The SMILES string of the molecule is CCOc1ccc(NC(=O)CSc2nc3c(c(=O)[nH]2)CN(Cc2ccc(F)cc2)CC3)cc1. The number of thioether (sulfide) groups is 1. The van der Waals surface area contributed by atoms with E-state index in [1.54, 1.807) is 36.4 Å². The van der Waals surface area contributed by atoms with Crippen LogP contribution in [0.15, 0.2) is 58.5 Å². The highest BCUT2D eigenvalue weighted by atomic mass is 32.2. The van der Waals surface area contributed by atoms with Gasteiger partial charge in [0.2, 0.25) is 5.91 Å². The molecule has 1 amide bonds. The summed E-state index contributed by atoms with van der Waals surface area (Å²) in [4.78, 5) is 34.5. The first-order valence-electron chi connectivity index (χ1n) is 10.7. The molecule has 1 aliphatic heterocycles. The number of H-pyrrole nitrogens is 1. The number of halogens is 1. The molecule has 0 unspecified atom stereocenters. The van der Waals surface area contributed by atoms with Crippen molar-refractivity contribution in [2.75, 3.05) is 24.2 Å². The number of nitrogens with zero attached hydrogens (tertiary/aromatic N) is 2. The summed E-state index contributed by atoms with van der Waals surface area (Å²) in [6, 6.07) is 13.6. The Hall–Kier alpha value is -3.17. The average molecular weight is 469 g/mol. The quantitative estimate of drug-likeness (QED) is 0.388. The van der Waals surface area contributed by atoms with Gasteiger partial charge in [0.15, 0.2) is 5.16 Å². The molecule has 0 atom stereocenters. The maximum atomic E-state index is 13.1. The predicted octanol–water partition coefficient (Wildman–Crippen LogP) is 3.60. The minimum atomic E-state index is -0.262. The number of benzene rings is 2. The molecule has 172 valence electrons. The Bertz CT molecular complexity index is 1170. The van der Waals surface area contributed by atoms with E-state index in [-0.39, 0.29) is 23.0 Å². The number of fused-ring (bicyclic) bond motifs is 1. The summed E-state index contributed by atoms with van der Waals surface area (Å²) in [5.41, 5.74) is 2.90. The van der Waals surface area contributed by atoms with Gasteiger partial charge in [0.25, 0.3) is 5.56 Å². The average Bonchev–Trinajstić information content (AvgIpc) is 2.81. The summed E-state index contributed by atoms with van der Waals surface area (Å²) in [5.74, 6) is 0.430. The summed E-state index contributed by atoms with van der Waals surface area (Å²) in [6.45, 7) is 4.37. The minimum Gasteiger partial charge on any atom is -0.494 e. The topological polar surface area (TPSA) is 87.3 Å². The Morgan fingerprint density at radius 3 is 2.70 bits per heavy atom. The fourth-order valence-corrected chi connectivity index (χ4v) is 4.32. The largest absolute Gasteiger partial charge is 0.494 e. The van der Waals surface area contributed by atoms with E-state index < -0.39 is 0 Å². The molecule has 0 spiro atoms. The van der Waals surface area contributed by atoms with Gasteiger partial charge in [-0.25, -0.2) is 9.37 Å². The number of aromatic amines is 1. The van der Waals surface area contributed by atoms with E-state index in [1.807, 2.05) is 6.92 Å². The number of carbonyl (C=O) groups excluding carboxylic acids is 1. The third-order valence-electron chi connectivity index (χ3n) is 5.23. The van der Waals surface area contributed by atoms with E-state index in [1.165, 1.54) is 23.9 Å². The maximum Gasteiger partial charge on any atom is 0.256 e. The van der Waals surface area contributed by atoms with Crippen LogP contribution >= 0.6 is 11.8 Å². The van der Waals surface area contributed by atoms with Crippen molar-refractivity contribution in [3.63, 3.8) is 0 Å². The molecule has 0 aliphatic carbocycles.